The van der Waals surface area contributed by atoms with Crippen molar-refractivity contribution in [2.24, 2.45) is 0 Å². The van der Waals surface area contributed by atoms with E-state index < -0.39 is 0 Å². The fourth-order valence-electron chi connectivity index (χ4n) is 5.07. The molecule has 0 radical (unpaired) electrons. The number of hydrogen-bond donors (Lipinski definition) is 1. The van der Waals surface area contributed by atoms with Gasteiger partial charge in [0, 0.05) is 42.3 Å². The van der Waals surface area contributed by atoms with Crippen molar-refractivity contribution in [3.8, 4) is 5.75 Å². The molecule has 0 bridgehead atoms. The molecular formula is C30H31N3O2. The first-order chi connectivity index (χ1) is 17.2. The third-order valence-electron chi connectivity index (χ3n) is 6.93. The van der Waals surface area contributed by atoms with Crippen molar-refractivity contribution >= 4 is 16.8 Å². The first-order valence-corrected chi connectivity index (χ1v) is 12.3. The highest BCUT2D eigenvalue weighted by atomic mass is 16.5. The molecule has 0 aliphatic carbocycles. The van der Waals surface area contributed by atoms with Gasteiger partial charge in [-0.05, 0) is 60.7 Å². The minimum absolute atomic E-state index is 0.0726. The number of fused-ring (bicyclic) bond motifs is 1. The molecule has 5 heteroatoms. The van der Waals surface area contributed by atoms with E-state index in [1.807, 2.05) is 42.6 Å². The Morgan fingerprint density at radius 1 is 1.03 bits per heavy atom. The fourth-order valence-corrected chi connectivity index (χ4v) is 5.07. The minimum Gasteiger partial charge on any atom is -0.497 e. The number of hydrogen-bond acceptors (Lipinski definition) is 4. The lowest BCUT2D eigenvalue weighted by Crippen LogP contribution is -2.51. The quantitative estimate of drug-likeness (QED) is 0.405. The highest BCUT2D eigenvalue weighted by Crippen LogP contribution is 2.25. The number of pyridine rings is 1. The third-order valence-corrected chi connectivity index (χ3v) is 6.93. The first-order valence-electron chi connectivity index (χ1n) is 12.3. The summed E-state index contributed by atoms with van der Waals surface area (Å²) in [7, 11) is 1.63. The number of para-hydroxylation sites is 1. The van der Waals surface area contributed by atoms with E-state index in [0.717, 1.165) is 37.9 Å². The SMILES string of the molecule is COc1cccc(C(=O)N2CCC(NCc3ccnc4ccccc34)CC2Cc2ccccc2)c1. The number of nitrogens with one attached hydrogen (secondary N) is 1. The van der Waals surface area contributed by atoms with E-state index in [-0.39, 0.29) is 11.9 Å². The Hall–Kier alpha value is -3.70. The van der Waals surface area contributed by atoms with Gasteiger partial charge >= 0.3 is 0 Å². The van der Waals surface area contributed by atoms with Crippen molar-refractivity contribution in [1.82, 2.24) is 15.2 Å². The van der Waals surface area contributed by atoms with Gasteiger partial charge in [-0.15, -0.1) is 0 Å². The van der Waals surface area contributed by atoms with Gasteiger partial charge in [-0.3, -0.25) is 9.78 Å². The molecule has 1 fully saturated rings. The van der Waals surface area contributed by atoms with Crippen LogP contribution in [0.25, 0.3) is 10.9 Å². The van der Waals surface area contributed by atoms with Gasteiger partial charge in [0.25, 0.3) is 5.91 Å². The van der Waals surface area contributed by atoms with Crippen molar-refractivity contribution in [1.29, 1.82) is 0 Å². The molecule has 3 aromatic carbocycles. The van der Waals surface area contributed by atoms with Crippen LogP contribution in [0.3, 0.4) is 0 Å². The van der Waals surface area contributed by atoms with Gasteiger partial charge in [0.15, 0.2) is 0 Å². The molecule has 2 unspecified atom stereocenters. The van der Waals surface area contributed by atoms with Crippen molar-refractivity contribution in [3.63, 3.8) is 0 Å². The summed E-state index contributed by atoms with van der Waals surface area (Å²) in [6, 6.07) is 28.8. The van der Waals surface area contributed by atoms with E-state index in [0.29, 0.717) is 17.4 Å². The van der Waals surface area contributed by atoms with Crippen LogP contribution in [0, 0.1) is 0 Å². The molecule has 4 aromatic rings. The second-order valence-electron chi connectivity index (χ2n) is 9.16. The monoisotopic (exact) mass is 465 g/mol. The lowest BCUT2D eigenvalue weighted by atomic mass is 9.91. The van der Waals surface area contributed by atoms with Crippen LogP contribution in [0.4, 0.5) is 0 Å². The number of carbonyl (C=O) groups excluding carboxylic acids is 1. The highest BCUT2D eigenvalue weighted by molar-refractivity contribution is 5.95. The number of amides is 1. The molecule has 0 spiro atoms. The molecule has 1 saturated heterocycles. The molecular weight excluding hydrogens is 434 g/mol. The number of rotatable bonds is 7. The molecule has 1 N–H and O–H groups in total. The molecule has 1 amide bonds. The van der Waals surface area contributed by atoms with Crippen LogP contribution < -0.4 is 10.1 Å². The molecule has 1 aromatic heterocycles. The summed E-state index contributed by atoms with van der Waals surface area (Å²) in [5.41, 5.74) is 4.20. The summed E-state index contributed by atoms with van der Waals surface area (Å²) in [5, 5.41) is 4.97. The Balaban J connectivity index is 1.33. The van der Waals surface area contributed by atoms with E-state index in [1.165, 1.54) is 16.5 Å². The molecule has 5 nitrogen and oxygen atoms in total. The van der Waals surface area contributed by atoms with Crippen LogP contribution in [-0.4, -0.2) is 41.5 Å². The van der Waals surface area contributed by atoms with Crippen molar-refractivity contribution in [2.45, 2.75) is 37.9 Å². The van der Waals surface area contributed by atoms with Gasteiger partial charge in [-0.2, -0.15) is 0 Å². The van der Waals surface area contributed by atoms with Gasteiger partial charge < -0.3 is 15.0 Å². The largest absolute Gasteiger partial charge is 0.497 e. The van der Waals surface area contributed by atoms with Crippen molar-refractivity contribution in [2.75, 3.05) is 13.7 Å². The van der Waals surface area contributed by atoms with Gasteiger partial charge in [0.2, 0.25) is 0 Å². The van der Waals surface area contributed by atoms with Crippen LogP contribution >= 0.6 is 0 Å². The maximum Gasteiger partial charge on any atom is 0.254 e. The number of ether oxygens (including phenoxy) is 1. The predicted octanol–water partition coefficient (Wildman–Crippen LogP) is 5.25. The zero-order valence-corrected chi connectivity index (χ0v) is 20.1. The van der Waals surface area contributed by atoms with Crippen LogP contribution in [0.1, 0.15) is 34.3 Å². The third kappa shape index (κ3) is 5.36. The number of carbonyl (C=O) groups is 1. The van der Waals surface area contributed by atoms with Gasteiger partial charge in [-0.1, -0.05) is 54.6 Å². The van der Waals surface area contributed by atoms with Gasteiger partial charge in [-0.25, -0.2) is 0 Å². The smallest absolute Gasteiger partial charge is 0.254 e. The zero-order chi connectivity index (χ0) is 24.0. The first kappa shape index (κ1) is 23.1. The predicted molar refractivity (Wildman–Crippen MR) is 140 cm³/mol. The molecule has 5 rings (SSSR count). The lowest BCUT2D eigenvalue weighted by Gasteiger charge is -2.40. The molecule has 1 aliphatic heterocycles. The molecule has 2 heterocycles. The topological polar surface area (TPSA) is 54.5 Å². The van der Waals surface area contributed by atoms with E-state index in [2.05, 4.69) is 63.7 Å². The fraction of sp³-hybridized carbons (Fsp3) is 0.267. The second-order valence-corrected chi connectivity index (χ2v) is 9.16. The van der Waals surface area contributed by atoms with Gasteiger partial charge in [0.05, 0.1) is 12.6 Å². The normalized spacial score (nSPS) is 17.9. The Morgan fingerprint density at radius 2 is 1.86 bits per heavy atom. The Morgan fingerprint density at radius 3 is 2.71 bits per heavy atom. The standard InChI is InChI=1S/C30H31N3O2/c1-35-27-11-7-10-23(19-27)30(34)33-17-15-25(20-26(33)18-22-8-3-2-4-9-22)32-21-24-14-16-31-29-13-6-5-12-28(24)29/h2-14,16,19,25-26,32H,15,17-18,20-21H2,1H3. The summed E-state index contributed by atoms with van der Waals surface area (Å²) in [5.74, 6) is 0.778. The number of piperidine rings is 1. The van der Waals surface area contributed by atoms with E-state index >= 15 is 0 Å². The summed E-state index contributed by atoms with van der Waals surface area (Å²) in [4.78, 5) is 20.1. The average molecular weight is 466 g/mol. The number of benzene rings is 3. The second kappa shape index (κ2) is 10.7. The average Bonchev–Trinajstić information content (AvgIpc) is 2.92. The van der Waals surface area contributed by atoms with Crippen LogP contribution in [0.5, 0.6) is 5.75 Å². The summed E-state index contributed by atoms with van der Waals surface area (Å²) < 4.78 is 5.35. The number of nitrogens with zero attached hydrogens (tertiary/aromatic N) is 2. The van der Waals surface area contributed by atoms with Crippen molar-refractivity contribution in [3.05, 3.63) is 108 Å². The molecule has 178 valence electrons. The Labute approximate surface area is 206 Å². The van der Waals surface area contributed by atoms with Gasteiger partial charge in [0.1, 0.15) is 5.75 Å². The lowest BCUT2D eigenvalue weighted by molar-refractivity contribution is 0.0576. The van der Waals surface area contributed by atoms with E-state index in [4.69, 9.17) is 4.74 Å². The Kier molecular flexibility index (Phi) is 7.05. The molecule has 2 atom stereocenters. The summed E-state index contributed by atoms with van der Waals surface area (Å²) >= 11 is 0. The number of aromatic nitrogens is 1. The van der Waals surface area contributed by atoms with Crippen LogP contribution in [0.2, 0.25) is 0 Å². The van der Waals surface area contributed by atoms with E-state index in [1.54, 1.807) is 7.11 Å². The zero-order valence-electron chi connectivity index (χ0n) is 20.1. The summed E-state index contributed by atoms with van der Waals surface area (Å²) in [6.07, 6.45) is 4.55. The maximum absolute atomic E-state index is 13.5. The van der Waals surface area contributed by atoms with Crippen LogP contribution in [0.15, 0.2) is 91.1 Å². The number of methoxy groups -OCH3 is 1. The minimum atomic E-state index is 0.0726. The highest BCUT2D eigenvalue weighted by Gasteiger charge is 2.32. The van der Waals surface area contributed by atoms with E-state index in [9.17, 15) is 4.79 Å². The molecule has 0 saturated carbocycles. The summed E-state index contributed by atoms with van der Waals surface area (Å²) in [6.45, 7) is 1.51. The van der Waals surface area contributed by atoms with Crippen LogP contribution in [-0.2, 0) is 13.0 Å². The molecule has 1 aliphatic rings. The van der Waals surface area contributed by atoms with Crippen molar-refractivity contribution < 1.29 is 9.53 Å². The molecule has 35 heavy (non-hydrogen) atoms. The Bertz CT molecular complexity index is 1290. The maximum atomic E-state index is 13.5. The number of likely N-dealkylation sites (tertiary alicyclic amines) is 1.